The van der Waals surface area contributed by atoms with Crippen molar-refractivity contribution in [1.82, 2.24) is 19.9 Å². The van der Waals surface area contributed by atoms with Crippen molar-refractivity contribution in [2.24, 2.45) is 0 Å². The average molecular weight is 440 g/mol. The first-order valence-corrected chi connectivity index (χ1v) is 9.03. The van der Waals surface area contributed by atoms with E-state index in [0.717, 1.165) is 12.1 Å². The molecule has 0 unspecified atom stereocenters. The van der Waals surface area contributed by atoms with Crippen LogP contribution in [-0.4, -0.2) is 26.5 Å². The third kappa shape index (κ3) is 4.37. The number of nitrogens with one attached hydrogen (secondary N) is 1. The van der Waals surface area contributed by atoms with Crippen LogP contribution in [0.4, 0.5) is 43.8 Å². The molecular weight excluding hydrogens is 426 g/mol. The maximum atomic E-state index is 13.3. The van der Waals surface area contributed by atoms with Gasteiger partial charge in [0.2, 0.25) is 0 Å². The number of hydrogen-bond donors (Lipinski definition) is 1. The topological polar surface area (TPSA) is 66.8 Å². The molecule has 0 aromatic carbocycles. The van der Waals surface area contributed by atoms with Crippen LogP contribution in [0, 0.1) is 0 Å². The van der Waals surface area contributed by atoms with E-state index in [-0.39, 0.29) is 24.7 Å². The van der Waals surface area contributed by atoms with Crippen molar-refractivity contribution in [3.05, 3.63) is 65.4 Å². The number of halogens is 6. The molecule has 1 aliphatic heterocycles. The van der Waals surface area contributed by atoms with Gasteiger partial charge in [0, 0.05) is 24.5 Å². The highest BCUT2D eigenvalue weighted by Gasteiger charge is 2.36. The van der Waals surface area contributed by atoms with Gasteiger partial charge in [-0.05, 0) is 30.7 Å². The number of alkyl halides is 6. The zero-order valence-electron chi connectivity index (χ0n) is 15.7. The summed E-state index contributed by atoms with van der Waals surface area (Å²) < 4.78 is 78.1. The minimum atomic E-state index is -4.55. The van der Waals surface area contributed by atoms with Crippen molar-refractivity contribution in [2.75, 3.05) is 16.8 Å². The molecule has 1 N–H and O–H groups in total. The molecule has 162 valence electrons. The zero-order chi connectivity index (χ0) is 22.2. The van der Waals surface area contributed by atoms with E-state index in [1.807, 2.05) is 0 Å². The van der Waals surface area contributed by atoms with E-state index in [1.54, 1.807) is 0 Å². The number of hydrogen-bond acceptors (Lipinski definition) is 6. The molecule has 4 heterocycles. The van der Waals surface area contributed by atoms with E-state index in [0.29, 0.717) is 29.7 Å². The van der Waals surface area contributed by atoms with Crippen LogP contribution in [0.5, 0.6) is 0 Å². The first-order valence-electron chi connectivity index (χ1n) is 9.03. The molecule has 0 atom stereocenters. The second-order valence-corrected chi connectivity index (χ2v) is 6.75. The summed E-state index contributed by atoms with van der Waals surface area (Å²) in [7, 11) is 0. The van der Waals surface area contributed by atoms with Crippen LogP contribution in [0.15, 0.2) is 43.0 Å². The Morgan fingerprint density at radius 1 is 0.903 bits per heavy atom. The van der Waals surface area contributed by atoms with Gasteiger partial charge in [-0.15, -0.1) is 0 Å². The molecule has 31 heavy (non-hydrogen) atoms. The maximum Gasteiger partial charge on any atom is 0.419 e. The number of anilines is 3. The minimum Gasteiger partial charge on any atom is -0.350 e. The van der Waals surface area contributed by atoms with E-state index in [2.05, 4.69) is 25.3 Å². The largest absolute Gasteiger partial charge is 0.419 e. The highest BCUT2D eigenvalue weighted by Crippen LogP contribution is 2.37. The fourth-order valence-electron chi connectivity index (χ4n) is 3.27. The lowest BCUT2D eigenvalue weighted by atomic mass is 10.0. The molecule has 4 rings (SSSR count). The molecule has 0 saturated heterocycles. The summed E-state index contributed by atoms with van der Waals surface area (Å²) in [6.45, 7) is 0.308. The Bertz CT molecular complexity index is 1080. The SMILES string of the molecule is FC(F)(F)c1ccc(Nc2ncnc3c2CCN(c2ncccc2C(F)(F)F)C3)nc1. The molecule has 0 bridgehead atoms. The van der Waals surface area contributed by atoms with Crippen LogP contribution in [0.3, 0.4) is 0 Å². The molecule has 0 aliphatic carbocycles. The zero-order valence-corrected chi connectivity index (χ0v) is 15.7. The Kier molecular flexibility index (Phi) is 5.15. The molecule has 0 amide bonds. The number of rotatable bonds is 3. The molecule has 0 saturated carbocycles. The lowest BCUT2D eigenvalue weighted by molar-refractivity contribution is -0.138. The van der Waals surface area contributed by atoms with Crippen LogP contribution >= 0.6 is 0 Å². The number of pyridine rings is 2. The maximum absolute atomic E-state index is 13.3. The Balaban J connectivity index is 1.58. The van der Waals surface area contributed by atoms with E-state index in [4.69, 9.17) is 0 Å². The summed E-state index contributed by atoms with van der Waals surface area (Å²) in [6, 6.07) is 4.27. The minimum absolute atomic E-state index is 0.0765. The highest BCUT2D eigenvalue weighted by molar-refractivity contribution is 5.59. The molecule has 0 fully saturated rings. The molecule has 12 heteroatoms. The first kappa shape index (κ1) is 20.8. The Labute approximate surface area is 172 Å². The van der Waals surface area contributed by atoms with Crippen molar-refractivity contribution in [2.45, 2.75) is 25.3 Å². The second-order valence-electron chi connectivity index (χ2n) is 6.75. The van der Waals surface area contributed by atoms with Crippen molar-refractivity contribution in [3.8, 4) is 0 Å². The number of aromatic nitrogens is 4. The van der Waals surface area contributed by atoms with Gasteiger partial charge >= 0.3 is 12.4 Å². The van der Waals surface area contributed by atoms with Crippen LogP contribution in [0.1, 0.15) is 22.4 Å². The van der Waals surface area contributed by atoms with Gasteiger partial charge < -0.3 is 10.2 Å². The standard InChI is InChI=1S/C19H14F6N6/c20-18(21,22)11-3-4-15(27-8-11)30-16-12-5-7-31(9-14(12)28-10-29-16)17-13(19(23,24)25)2-1-6-26-17/h1-4,6,8,10H,5,7,9H2,(H,27,28,29,30). The molecule has 0 radical (unpaired) electrons. The van der Waals surface area contributed by atoms with Crippen molar-refractivity contribution in [3.63, 3.8) is 0 Å². The second kappa shape index (κ2) is 7.67. The predicted molar refractivity (Wildman–Crippen MR) is 98.5 cm³/mol. The predicted octanol–water partition coefficient (Wildman–Crippen LogP) is 4.61. The van der Waals surface area contributed by atoms with Gasteiger partial charge in [-0.2, -0.15) is 26.3 Å². The summed E-state index contributed by atoms with van der Waals surface area (Å²) in [4.78, 5) is 17.4. The monoisotopic (exact) mass is 440 g/mol. The Morgan fingerprint density at radius 3 is 2.39 bits per heavy atom. The fourth-order valence-corrected chi connectivity index (χ4v) is 3.27. The van der Waals surface area contributed by atoms with Crippen LogP contribution in [0.2, 0.25) is 0 Å². The summed E-state index contributed by atoms with van der Waals surface area (Å²) >= 11 is 0. The number of nitrogens with zero attached hydrogens (tertiary/aromatic N) is 5. The van der Waals surface area contributed by atoms with Gasteiger partial charge in [-0.25, -0.2) is 19.9 Å². The van der Waals surface area contributed by atoms with Gasteiger partial charge in [-0.3, -0.25) is 0 Å². The first-order chi connectivity index (χ1) is 14.6. The third-order valence-electron chi connectivity index (χ3n) is 4.74. The van der Waals surface area contributed by atoms with Crippen molar-refractivity contribution >= 4 is 17.5 Å². The molecule has 3 aromatic heterocycles. The Morgan fingerprint density at radius 2 is 1.71 bits per heavy atom. The van der Waals surface area contributed by atoms with Gasteiger partial charge in [0.1, 0.15) is 23.8 Å². The van der Waals surface area contributed by atoms with E-state index < -0.39 is 23.5 Å². The summed E-state index contributed by atoms with van der Waals surface area (Å²) in [5, 5.41) is 2.86. The molecule has 0 spiro atoms. The van der Waals surface area contributed by atoms with Gasteiger partial charge in [0.25, 0.3) is 0 Å². The molecule has 3 aromatic rings. The smallest absolute Gasteiger partial charge is 0.350 e. The van der Waals surface area contributed by atoms with Crippen LogP contribution in [-0.2, 0) is 25.3 Å². The Hall–Kier alpha value is -3.44. The quantitative estimate of drug-likeness (QED) is 0.600. The third-order valence-corrected chi connectivity index (χ3v) is 4.74. The van der Waals surface area contributed by atoms with Crippen LogP contribution < -0.4 is 10.2 Å². The molecule has 1 aliphatic rings. The highest BCUT2D eigenvalue weighted by atomic mass is 19.4. The normalized spacial score (nSPS) is 14.3. The molecule has 6 nitrogen and oxygen atoms in total. The van der Waals surface area contributed by atoms with Gasteiger partial charge in [-0.1, -0.05) is 0 Å². The van der Waals surface area contributed by atoms with E-state index >= 15 is 0 Å². The molecular formula is C19H14F6N6. The lowest BCUT2D eigenvalue weighted by Crippen LogP contribution is -2.34. The van der Waals surface area contributed by atoms with Gasteiger partial charge in [0.15, 0.2) is 0 Å². The number of fused-ring (bicyclic) bond motifs is 1. The van der Waals surface area contributed by atoms with E-state index in [1.165, 1.54) is 29.6 Å². The van der Waals surface area contributed by atoms with Crippen molar-refractivity contribution < 1.29 is 26.3 Å². The summed E-state index contributed by atoms with van der Waals surface area (Å²) in [5.74, 6) is 0.313. The fraction of sp³-hybridized carbons (Fsp3) is 0.263. The van der Waals surface area contributed by atoms with Crippen LogP contribution in [0.25, 0.3) is 0 Å². The summed E-state index contributed by atoms with van der Waals surface area (Å²) in [6.07, 6.45) is -5.49. The lowest BCUT2D eigenvalue weighted by Gasteiger charge is -2.31. The van der Waals surface area contributed by atoms with Crippen molar-refractivity contribution in [1.29, 1.82) is 0 Å². The average Bonchev–Trinajstić information content (AvgIpc) is 2.73. The summed E-state index contributed by atoms with van der Waals surface area (Å²) in [5.41, 5.74) is -0.562. The van der Waals surface area contributed by atoms with E-state index in [9.17, 15) is 26.3 Å². The van der Waals surface area contributed by atoms with Gasteiger partial charge in [0.05, 0.1) is 23.4 Å².